The van der Waals surface area contributed by atoms with E-state index in [9.17, 15) is 14.7 Å². The predicted molar refractivity (Wildman–Crippen MR) is 98.1 cm³/mol. The number of phenolic OH excluding ortho intramolecular Hbond substituents is 1. The third kappa shape index (κ3) is 5.66. The van der Waals surface area contributed by atoms with Gasteiger partial charge in [0.05, 0.1) is 13.5 Å². The van der Waals surface area contributed by atoms with Crippen molar-refractivity contribution in [3.63, 3.8) is 0 Å². The normalized spacial score (nSPS) is 11.9. The second kappa shape index (κ2) is 9.27. The van der Waals surface area contributed by atoms with Gasteiger partial charge in [-0.15, -0.1) is 0 Å². The van der Waals surface area contributed by atoms with Crippen LogP contribution < -0.4 is 10.1 Å². The number of carbonyl (C=O) groups is 2. The number of nitrogens with one attached hydrogen (secondary N) is 1. The van der Waals surface area contributed by atoms with Crippen molar-refractivity contribution in [2.75, 3.05) is 13.7 Å². The number of aromatic hydroxyl groups is 1. The minimum absolute atomic E-state index is 0.0217. The van der Waals surface area contributed by atoms with Crippen LogP contribution in [0.4, 0.5) is 0 Å². The summed E-state index contributed by atoms with van der Waals surface area (Å²) in [7, 11) is 1.45. The van der Waals surface area contributed by atoms with E-state index in [-0.39, 0.29) is 30.5 Å². The molecule has 6 heteroatoms. The Hall–Kier alpha value is -3.28. The van der Waals surface area contributed by atoms with Crippen LogP contribution in [0.2, 0.25) is 0 Å². The number of carbonyl (C=O) groups excluding carboxylic acids is 1. The summed E-state index contributed by atoms with van der Waals surface area (Å²) < 4.78 is 5.02. The van der Waals surface area contributed by atoms with Gasteiger partial charge in [-0.1, -0.05) is 36.4 Å². The molecule has 0 aliphatic heterocycles. The van der Waals surface area contributed by atoms with Crippen LogP contribution in [0.3, 0.4) is 0 Å². The minimum atomic E-state index is -0.917. The van der Waals surface area contributed by atoms with Gasteiger partial charge in [0.2, 0.25) is 5.91 Å². The SMILES string of the molecule is COc1cc(C=CC(=O)NC[C@@H](CC(=O)O)c2ccccc2)ccc1O. The van der Waals surface area contributed by atoms with Gasteiger partial charge in [0, 0.05) is 18.5 Å². The molecule has 0 aliphatic rings. The van der Waals surface area contributed by atoms with E-state index in [1.54, 1.807) is 18.2 Å². The van der Waals surface area contributed by atoms with Crippen LogP contribution in [-0.2, 0) is 9.59 Å². The Morgan fingerprint density at radius 1 is 1.19 bits per heavy atom. The van der Waals surface area contributed by atoms with Crippen molar-refractivity contribution in [2.45, 2.75) is 12.3 Å². The number of phenols is 1. The summed E-state index contributed by atoms with van der Waals surface area (Å²) in [5.41, 5.74) is 1.56. The third-order valence-electron chi connectivity index (χ3n) is 3.85. The molecule has 136 valence electrons. The van der Waals surface area contributed by atoms with Crippen LogP contribution in [0.25, 0.3) is 6.08 Å². The molecule has 0 radical (unpaired) electrons. The maximum Gasteiger partial charge on any atom is 0.304 e. The minimum Gasteiger partial charge on any atom is -0.504 e. The molecule has 2 aromatic rings. The number of carboxylic acid groups (broad SMARTS) is 1. The topological polar surface area (TPSA) is 95.9 Å². The molecular weight excluding hydrogens is 334 g/mol. The number of amides is 1. The van der Waals surface area contributed by atoms with Crippen molar-refractivity contribution in [1.82, 2.24) is 5.32 Å². The number of benzene rings is 2. The van der Waals surface area contributed by atoms with E-state index in [0.717, 1.165) is 5.56 Å². The fourth-order valence-electron chi connectivity index (χ4n) is 2.50. The highest BCUT2D eigenvalue weighted by atomic mass is 16.5. The lowest BCUT2D eigenvalue weighted by atomic mass is 9.96. The van der Waals surface area contributed by atoms with Crippen LogP contribution >= 0.6 is 0 Å². The first-order chi connectivity index (χ1) is 12.5. The Balaban J connectivity index is 1.98. The molecule has 0 unspecified atom stereocenters. The van der Waals surface area contributed by atoms with Crippen molar-refractivity contribution in [2.24, 2.45) is 0 Å². The molecule has 2 aromatic carbocycles. The zero-order chi connectivity index (χ0) is 18.9. The fourth-order valence-corrected chi connectivity index (χ4v) is 2.50. The average Bonchev–Trinajstić information content (AvgIpc) is 2.64. The molecule has 2 rings (SSSR count). The first kappa shape index (κ1) is 19.1. The molecule has 0 fully saturated rings. The van der Waals surface area contributed by atoms with Crippen molar-refractivity contribution < 1.29 is 24.5 Å². The highest BCUT2D eigenvalue weighted by Gasteiger charge is 2.16. The van der Waals surface area contributed by atoms with Gasteiger partial charge >= 0.3 is 5.97 Å². The number of hydrogen-bond donors (Lipinski definition) is 3. The van der Waals surface area contributed by atoms with E-state index in [4.69, 9.17) is 9.84 Å². The lowest BCUT2D eigenvalue weighted by Crippen LogP contribution is -2.28. The largest absolute Gasteiger partial charge is 0.504 e. The molecule has 1 atom stereocenters. The summed E-state index contributed by atoms with van der Waals surface area (Å²) >= 11 is 0. The van der Waals surface area contributed by atoms with Crippen molar-refractivity contribution >= 4 is 18.0 Å². The van der Waals surface area contributed by atoms with E-state index < -0.39 is 5.97 Å². The Morgan fingerprint density at radius 2 is 1.92 bits per heavy atom. The summed E-state index contributed by atoms with van der Waals surface area (Å²) in [4.78, 5) is 23.1. The van der Waals surface area contributed by atoms with Gasteiger partial charge in [-0.3, -0.25) is 9.59 Å². The highest BCUT2D eigenvalue weighted by molar-refractivity contribution is 5.91. The number of aliphatic carboxylic acids is 1. The highest BCUT2D eigenvalue weighted by Crippen LogP contribution is 2.26. The summed E-state index contributed by atoms with van der Waals surface area (Å²) in [6.07, 6.45) is 2.88. The van der Waals surface area contributed by atoms with Gasteiger partial charge in [0.1, 0.15) is 0 Å². The lowest BCUT2D eigenvalue weighted by molar-refractivity contribution is -0.137. The van der Waals surface area contributed by atoms with E-state index in [0.29, 0.717) is 11.3 Å². The molecule has 0 spiro atoms. The predicted octanol–water partition coefficient (Wildman–Crippen LogP) is 2.79. The lowest BCUT2D eigenvalue weighted by Gasteiger charge is -2.15. The van der Waals surface area contributed by atoms with Gasteiger partial charge in [-0.2, -0.15) is 0 Å². The number of methoxy groups -OCH3 is 1. The first-order valence-electron chi connectivity index (χ1n) is 8.09. The standard InChI is InChI=1S/C20H21NO5/c1-26-18-11-14(7-9-17(18)22)8-10-19(23)21-13-16(12-20(24)25)15-5-3-2-4-6-15/h2-11,16,22H,12-13H2,1H3,(H,21,23)(H,24,25)/t16-/m1/s1. The first-order valence-corrected chi connectivity index (χ1v) is 8.09. The van der Waals surface area contributed by atoms with Gasteiger partial charge in [0.15, 0.2) is 11.5 Å². The maximum atomic E-state index is 12.0. The number of rotatable bonds is 8. The van der Waals surface area contributed by atoms with Crippen LogP contribution in [-0.4, -0.2) is 35.7 Å². The number of hydrogen-bond acceptors (Lipinski definition) is 4. The maximum absolute atomic E-state index is 12.0. The number of ether oxygens (including phenoxy) is 1. The molecule has 26 heavy (non-hydrogen) atoms. The molecule has 0 saturated carbocycles. The van der Waals surface area contributed by atoms with Crippen molar-refractivity contribution in [1.29, 1.82) is 0 Å². The molecular formula is C20H21NO5. The number of carboxylic acids is 1. The monoisotopic (exact) mass is 355 g/mol. The van der Waals surface area contributed by atoms with Crippen LogP contribution in [0.5, 0.6) is 11.5 Å². The molecule has 3 N–H and O–H groups in total. The smallest absolute Gasteiger partial charge is 0.304 e. The summed E-state index contributed by atoms with van der Waals surface area (Å²) in [6.45, 7) is 0.221. The second-order valence-corrected chi connectivity index (χ2v) is 5.72. The van der Waals surface area contributed by atoms with Gasteiger partial charge in [0.25, 0.3) is 0 Å². The molecule has 0 saturated heterocycles. The summed E-state index contributed by atoms with van der Waals surface area (Å²) in [5, 5.41) is 21.4. The van der Waals surface area contributed by atoms with Crippen LogP contribution in [0.15, 0.2) is 54.6 Å². The van der Waals surface area contributed by atoms with E-state index in [1.807, 2.05) is 30.3 Å². The van der Waals surface area contributed by atoms with Crippen LogP contribution in [0.1, 0.15) is 23.5 Å². The zero-order valence-corrected chi connectivity index (χ0v) is 14.4. The molecule has 0 bridgehead atoms. The van der Waals surface area contributed by atoms with E-state index in [1.165, 1.54) is 19.3 Å². The van der Waals surface area contributed by atoms with E-state index >= 15 is 0 Å². The molecule has 1 amide bonds. The Kier molecular flexibility index (Phi) is 6.79. The third-order valence-corrected chi connectivity index (χ3v) is 3.85. The van der Waals surface area contributed by atoms with Gasteiger partial charge in [-0.05, 0) is 29.3 Å². The van der Waals surface area contributed by atoms with Crippen LogP contribution in [0, 0.1) is 0 Å². The Labute approximate surface area is 151 Å². The van der Waals surface area contributed by atoms with Crippen molar-refractivity contribution in [3.05, 3.63) is 65.7 Å². The van der Waals surface area contributed by atoms with Gasteiger partial charge in [-0.25, -0.2) is 0 Å². The van der Waals surface area contributed by atoms with E-state index in [2.05, 4.69) is 5.32 Å². The quantitative estimate of drug-likeness (QED) is 0.633. The Morgan fingerprint density at radius 3 is 2.58 bits per heavy atom. The molecule has 0 aromatic heterocycles. The molecule has 0 heterocycles. The molecule has 0 aliphatic carbocycles. The second-order valence-electron chi connectivity index (χ2n) is 5.72. The molecule has 6 nitrogen and oxygen atoms in total. The average molecular weight is 355 g/mol. The summed E-state index contributed by atoms with van der Waals surface area (Å²) in [5.74, 6) is -1.21. The fraction of sp³-hybridized carbons (Fsp3) is 0.200. The van der Waals surface area contributed by atoms with Gasteiger partial charge < -0.3 is 20.3 Å². The van der Waals surface area contributed by atoms with Crippen molar-refractivity contribution in [3.8, 4) is 11.5 Å². The zero-order valence-electron chi connectivity index (χ0n) is 14.4. The summed E-state index contributed by atoms with van der Waals surface area (Å²) in [6, 6.07) is 14.0. The Bertz CT molecular complexity index is 786.